The Kier molecular flexibility index (Phi) is 6.36. The molecule has 1 saturated heterocycles. The largest absolute Gasteiger partial charge is 0.447 e. The van der Waals surface area contributed by atoms with Gasteiger partial charge in [0.25, 0.3) is 0 Å². The molecule has 11 heteroatoms. The van der Waals surface area contributed by atoms with Gasteiger partial charge in [-0.25, -0.2) is 9.78 Å². The van der Waals surface area contributed by atoms with E-state index < -0.39 is 18.0 Å². The summed E-state index contributed by atoms with van der Waals surface area (Å²) in [5, 5.41) is 3.16. The molecule has 0 radical (unpaired) electrons. The number of halogens is 3. The van der Waals surface area contributed by atoms with Crippen LogP contribution in [0.25, 0.3) is 11.1 Å². The summed E-state index contributed by atoms with van der Waals surface area (Å²) in [6.45, 7) is 5.96. The van der Waals surface area contributed by atoms with Crippen molar-refractivity contribution in [2.45, 2.75) is 45.5 Å². The zero-order chi connectivity index (χ0) is 24.5. The van der Waals surface area contributed by atoms with E-state index in [4.69, 9.17) is 4.74 Å². The summed E-state index contributed by atoms with van der Waals surface area (Å²) in [6, 6.07) is 5.58. The Morgan fingerprint density at radius 3 is 2.68 bits per heavy atom. The molecule has 0 aliphatic carbocycles. The molecular weight excluding hydrogens is 449 g/mol. The van der Waals surface area contributed by atoms with Gasteiger partial charge in [-0.1, -0.05) is 6.92 Å². The molecule has 1 aliphatic heterocycles. The number of amides is 1. The van der Waals surface area contributed by atoms with Crippen molar-refractivity contribution in [3.63, 3.8) is 0 Å². The summed E-state index contributed by atoms with van der Waals surface area (Å²) in [7, 11) is 0. The van der Waals surface area contributed by atoms with Crippen molar-refractivity contribution < 1.29 is 22.7 Å². The number of carbonyl (C=O) groups excluding carboxylic acids is 1. The van der Waals surface area contributed by atoms with Crippen LogP contribution >= 0.6 is 0 Å². The first kappa shape index (κ1) is 23.4. The number of rotatable bonds is 6. The number of aromatic nitrogens is 4. The van der Waals surface area contributed by atoms with E-state index in [1.807, 2.05) is 20.8 Å². The summed E-state index contributed by atoms with van der Waals surface area (Å²) in [4.78, 5) is 30.1. The van der Waals surface area contributed by atoms with E-state index in [0.717, 1.165) is 24.2 Å². The molecule has 1 fully saturated rings. The molecule has 0 saturated carbocycles. The number of pyridine rings is 2. The lowest BCUT2D eigenvalue weighted by Crippen LogP contribution is -2.33. The lowest BCUT2D eigenvalue weighted by Gasteiger charge is -2.20. The molecule has 4 heterocycles. The number of hydrogen-bond acceptors (Lipinski definition) is 7. The Morgan fingerprint density at radius 1 is 1.21 bits per heavy atom. The van der Waals surface area contributed by atoms with Crippen LogP contribution in [0.3, 0.4) is 0 Å². The summed E-state index contributed by atoms with van der Waals surface area (Å²) in [5.41, 5.74) is 1.44. The molecule has 0 unspecified atom stereocenters. The molecule has 1 N–H and O–H groups in total. The lowest BCUT2D eigenvalue weighted by molar-refractivity contribution is -0.141. The van der Waals surface area contributed by atoms with Crippen LogP contribution in [0.4, 0.5) is 29.7 Å². The maximum absolute atomic E-state index is 13.0. The minimum atomic E-state index is -4.52. The van der Waals surface area contributed by atoms with Crippen LogP contribution in [0.2, 0.25) is 0 Å². The van der Waals surface area contributed by atoms with Crippen LogP contribution < -0.4 is 10.2 Å². The third-order valence-electron chi connectivity index (χ3n) is 5.60. The van der Waals surface area contributed by atoms with Crippen molar-refractivity contribution in [1.82, 2.24) is 19.9 Å². The van der Waals surface area contributed by atoms with Crippen LogP contribution in [-0.4, -0.2) is 38.7 Å². The molecule has 0 spiro atoms. The second kappa shape index (κ2) is 9.24. The molecule has 8 nitrogen and oxygen atoms in total. The molecule has 0 aromatic carbocycles. The summed E-state index contributed by atoms with van der Waals surface area (Å²) < 4.78 is 44.2. The highest BCUT2D eigenvalue weighted by molar-refractivity contribution is 5.89. The van der Waals surface area contributed by atoms with Gasteiger partial charge in [0.1, 0.15) is 18.1 Å². The number of aryl methyl sites for hydroxylation is 1. The van der Waals surface area contributed by atoms with Gasteiger partial charge in [0.2, 0.25) is 5.95 Å². The van der Waals surface area contributed by atoms with Crippen LogP contribution in [0.5, 0.6) is 0 Å². The average molecular weight is 472 g/mol. The van der Waals surface area contributed by atoms with Gasteiger partial charge in [0, 0.05) is 24.2 Å². The SMILES string of the molecule is CC[C@H]1COC(=O)N1c1ccnc(N[C@@H](C)c2cc(C)c(-c3ccnc(C(F)(F)F)c3)cn2)n1. The van der Waals surface area contributed by atoms with E-state index in [1.165, 1.54) is 11.0 Å². The Bertz CT molecular complexity index is 1200. The second-order valence-corrected chi connectivity index (χ2v) is 7.97. The topological polar surface area (TPSA) is 93.1 Å². The van der Waals surface area contributed by atoms with Gasteiger partial charge < -0.3 is 10.1 Å². The molecule has 1 aliphatic rings. The van der Waals surface area contributed by atoms with Gasteiger partial charge in [-0.3, -0.25) is 14.9 Å². The fraction of sp³-hybridized carbons (Fsp3) is 0.348. The predicted octanol–water partition coefficient (Wildman–Crippen LogP) is 5.17. The summed E-state index contributed by atoms with van der Waals surface area (Å²) >= 11 is 0. The minimum Gasteiger partial charge on any atom is -0.447 e. The van der Waals surface area contributed by atoms with Crippen molar-refractivity contribution in [3.8, 4) is 11.1 Å². The molecule has 2 atom stereocenters. The number of nitrogens with one attached hydrogen (secondary N) is 1. The Labute approximate surface area is 194 Å². The van der Waals surface area contributed by atoms with E-state index in [-0.39, 0.29) is 12.1 Å². The summed E-state index contributed by atoms with van der Waals surface area (Å²) in [6.07, 6.45) is 0.00178. The molecule has 0 bridgehead atoms. The Morgan fingerprint density at radius 2 is 1.97 bits per heavy atom. The van der Waals surface area contributed by atoms with Gasteiger partial charge in [-0.2, -0.15) is 18.2 Å². The number of anilines is 2. The Balaban J connectivity index is 1.53. The molecular formula is C23H23F3N6O2. The van der Waals surface area contributed by atoms with Crippen LogP contribution in [0, 0.1) is 6.92 Å². The van der Waals surface area contributed by atoms with Crippen molar-refractivity contribution >= 4 is 17.9 Å². The number of hydrogen-bond donors (Lipinski definition) is 1. The van der Waals surface area contributed by atoms with E-state index in [2.05, 4.69) is 25.3 Å². The molecule has 4 rings (SSSR count). The number of alkyl halides is 3. The highest BCUT2D eigenvalue weighted by Gasteiger charge is 2.34. The van der Waals surface area contributed by atoms with Gasteiger partial charge in [-0.05, 0) is 55.7 Å². The van der Waals surface area contributed by atoms with Crippen LogP contribution in [-0.2, 0) is 10.9 Å². The standard InChI is InChI=1S/C23H23F3N6O2/c1-4-16-12-34-22(33)32(16)20-6-8-28-21(31-20)30-14(3)18-9-13(2)17(11-29-18)15-5-7-27-19(10-15)23(24,25)26/h5-11,14,16H,4,12H2,1-3H3,(H,28,30,31)/t14-,16-/m0/s1. The highest BCUT2D eigenvalue weighted by atomic mass is 19.4. The third kappa shape index (κ3) is 4.78. The van der Waals surface area contributed by atoms with Gasteiger partial charge in [-0.15, -0.1) is 0 Å². The Hall–Kier alpha value is -3.76. The van der Waals surface area contributed by atoms with E-state index in [1.54, 1.807) is 24.5 Å². The monoisotopic (exact) mass is 472 g/mol. The summed E-state index contributed by atoms with van der Waals surface area (Å²) in [5.74, 6) is 0.753. The van der Waals surface area contributed by atoms with Gasteiger partial charge >= 0.3 is 12.3 Å². The number of cyclic esters (lactones) is 1. The van der Waals surface area contributed by atoms with Crippen LogP contribution in [0.15, 0.2) is 42.9 Å². The molecule has 178 valence electrons. The lowest BCUT2D eigenvalue weighted by atomic mass is 10.0. The normalized spacial score (nSPS) is 16.9. The van der Waals surface area contributed by atoms with Crippen molar-refractivity contribution in [2.24, 2.45) is 0 Å². The first-order valence-corrected chi connectivity index (χ1v) is 10.7. The van der Waals surface area contributed by atoms with Crippen molar-refractivity contribution in [1.29, 1.82) is 0 Å². The van der Waals surface area contributed by atoms with E-state index >= 15 is 0 Å². The first-order valence-electron chi connectivity index (χ1n) is 10.7. The average Bonchev–Trinajstić information content (AvgIpc) is 3.19. The fourth-order valence-corrected chi connectivity index (χ4v) is 3.73. The molecule has 3 aromatic rings. The number of ether oxygens (including phenoxy) is 1. The smallest absolute Gasteiger partial charge is 0.433 e. The second-order valence-electron chi connectivity index (χ2n) is 7.97. The van der Waals surface area contributed by atoms with Crippen molar-refractivity contribution in [3.05, 3.63) is 59.8 Å². The zero-order valence-electron chi connectivity index (χ0n) is 18.8. The van der Waals surface area contributed by atoms with Crippen molar-refractivity contribution in [2.75, 3.05) is 16.8 Å². The van der Waals surface area contributed by atoms with Gasteiger partial charge in [0.05, 0.1) is 17.8 Å². The fourth-order valence-electron chi connectivity index (χ4n) is 3.73. The predicted molar refractivity (Wildman–Crippen MR) is 119 cm³/mol. The molecule has 34 heavy (non-hydrogen) atoms. The third-order valence-corrected chi connectivity index (χ3v) is 5.60. The maximum atomic E-state index is 13.0. The maximum Gasteiger partial charge on any atom is 0.433 e. The van der Waals surface area contributed by atoms with E-state index in [0.29, 0.717) is 35.2 Å². The first-order chi connectivity index (χ1) is 16.2. The quantitative estimate of drug-likeness (QED) is 0.529. The number of nitrogens with zero attached hydrogens (tertiary/aromatic N) is 5. The zero-order valence-corrected chi connectivity index (χ0v) is 18.8. The highest BCUT2D eigenvalue weighted by Crippen LogP contribution is 2.32. The molecule has 1 amide bonds. The number of carbonyl (C=O) groups is 1. The van der Waals surface area contributed by atoms with Gasteiger partial charge in [0.15, 0.2) is 0 Å². The van der Waals surface area contributed by atoms with Crippen LogP contribution in [0.1, 0.15) is 43.3 Å². The molecule has 3 aromatic heterocycles. The van der Waals surface area contributed by atoms with E-state index in [9.17, 15) is 18.0 Å². The minimum absolute atomic E-state index is 0.0874.